The van der Waals surface area contributed by atoms with E-state index in [1.165, 1.54) is 22.6 Å². The van der Waals surface area contributed by atoms with Crippen LogP contribution in [0.1, 0.15) is 30.7 Å². The average molecular weight is 365 g/mol. The van der Waals surface area contributed by atoms with Crippen LogP contribution in [0, 0.1) is 0 Å². The summed E-state index contributed by atoms with van der Waals surface area (Å²) in [6.45, 7) is 3.95. The lowest BCUT2D eigenvalue weighted by atomic mass is 9.91. The number of aryl methyl sites for hydroxylation is 1. The Labute approximate surface area is 154 Å². The number of hydrogen-bond acceptors (Lipinski definition) is 5. The zero-order chi connectivity index (χ0) is 17.8. The molecule has 4 aromatic rings. The Balaban J connectivity index is 1.66. The average Bonchev–Trinajstić information content (AvgIpc) is 3.29. The Bertz CT molecular complexity index is 1190. The fourth-order valence-electron chi connectivity index (χ4n) is 3.91. The second kappa shape index (κ2) is 5.67. The number of nitrogens with zero attached hydrogens (tertiary/aromatic N) is 5. The van der Waals surface area contributed by atoms with E-state index >= 15 is 0 Å². The summed E-state index contributed by atoms with van der Waals surface area (Å²) < 4.78 is 4.35. The molecule has 0 saturated carbocycles. The summed E-state index contributed by atoms with van der Waals surface area (Å²) in [6, 6.07) is 10.6. The van der Waals surface area contributed by atoms with Crippen molar-refractivity contribution in [3.05, 3.63) is 57.5 Å². The van der Waals surface area contributed by atoms with E-state index in [2.05, 4.69) is 46.3 Å². The Morgan fingerprint density at radius 3 is 2.96 bits per heavy atom. The smallest absolute Gasteiger partial charge is 0.272 e. The summed E-state index contributed by atoms with van der Waals surface area (Å²) in [7, 11) is 1.76. The predicted molar refractivity (Wildman–Crippen MR) is 104 cm³/mol. The van der Waals surface area contributed by atoms with Gasteiger partial charge in [0.25, 0.3) is 5.56 Å². The first-order valence-corrected chi connectivity index (χ1v) is 9.67. The molecule has 0 amide bonds. The van der Waals surface area contributed by atoms with Crippen LogP contribution in [0.15, 0.2) is 40.5 Å². The maximum absolute atomic E-state index is 12.5. The third-order valence-corrected chi connectivity index (χ3v) is 6.26. The van der Waals surface area contributed by atoms with Crippen molar-refractivity contribution in [1.29, 1.82) is 0 Å². The standard InChI is InChI=1S/C19H19N5OS/c1-12-7-9-23(14-6-4-3-5-13(12)14)11-16-20-21-19-22(2)18(25)17-15(24(16)19)8-10-26-17/h3-6,8,10,12H,7,9,11H2,1-2H3/t12-/m1/s1. The van der Waals surface area contributed by atoms with Crippen LogP contribution in [0.4, 0.5) is 5.69 Å². The van der Waals surface area contributed by atoms with E-state index in [-0.39, 0.29) is 5.56 Å². The molecule has 0 spiro atoms. The maximum Gasteiger partial charge on any atom is 0.272 e. The normalized spacial score (nSPS) is 17.2. The molecule has 0 bridgehead atoms. The topological polar surface area (TPSA) is 55.4 Å². The third-order valence-electron chi connectivity index (χ3n) is 5.37. The quantitative estimate of drug-likeness (QED) is 0.548. The third kappa shape index (κ3) is 2.13. The van der Waals surface area contributed by atoms with Crippen LogP contribution in [-0.4, -0.2) is 25.7 Å². The largest absolute Gasteiger partial charge is 0.364 e. The molecule has 132 valence electrons. The van der Waals surface area contributed by atoms with Crippen molar-refractivity contribution in [2.75, 3.05) is 11.4 Å². The number of aromatic nitrogens is 4. The lowest BCUT2D eigenvalue weighted by Gasteiger charge is -2.34. The molecule has 26 heavy (non-hydrogen) atoms. The van der Waals surface area contributed by atoms with Gasteiger partial charge in [-0.05, 0) is 35.4 Å². The number of thiophene rings is 1. The van der Waals surface area contributed by atoms with Crippen LogP contribution in [0.2, 0.25) is 0 Å². The van der Waals surface area contributed by atoms with E-state index in [1.807, 2.05) is 15.8 Å². The molecule has 3 aromatic heterocycles. The first kappa shape index (κ1) is 15.6. The number of hydrogen-bond donors (Lipinski definition) is 0. The number of benzene rings is 1. The first-order chi connectivity index (χ1) is 12.6. The van der Waals surface area contributed by atoms with Crippen molar-refractivity contribution >= 4 is 33.0 Å². The van der Waals surface area contributed by atoms with Gasteiger partial charge in [0.1, 0.15) is 4.70 Å². The van der Waals surface area contributed by atoms with E-state index in [1.54, 1.807) is 11.6 Å². The molecule has 0 radical (unpaired) electrons. The number of anilines is 1. The van der Waals surface area contributed by atoms with Gasteiger partial charge in [0.15, 0.2) is 5.82 Å². The molecule has 6 nitrogen and oxygen atoms in total. The van der Waals surface area contributed by atoms with Gasteiger partial charge in [0.2, 0.25) is 5.78 Å². The first-order valence-electron chi connectivity index (χ1n) is 8.79. The van der Waals surface area contributed by atoms with Crippen molar-refractivity contribution in [3.63, 3.8) is 0 Å². The summed E-state index contributed by atoms with van der Waals surface area (Å²) in [6.07, 6.45) is 1.13. The molecule has 0 saturated heterocycles. The van der Waals surface area contributed by atoms with Crippen LogP contribution in [-0.2, 0) is 13.6 Å². The summed E-state index contributed by atoms with van der Waals surface area (Å²) in [5.74, 6) is 2.03. The molecule has 1 aliphatic rings. The van der Waals surface area contributed by atoms with Gasteiger partial charge in [-0.25, -0.2) is 0 Å². The minimum absolute atomic E-state index is 0.0152. The van der Waals surface area contributed by atoms with Crippen molar-refractivity contribution in [3.8, 4) is 0 Å². The molecule has 4 heterocycles. The maximum atomic E-state index is 12.5. The van der Waals surface area contributed by atoms with Gasteiger partial charge in [-0.15, -0.1) is 21.5 Å². The molecule has 0 fully saturated rings. The Hall–Kier alpha value is -2.67. The highest BCUT2D eigenvalue weighted by molar-refractivity contribution is 7.17. The van der Waals surface area contributed by atoms with Gasteiger partial charge in [0.05, 0.1) is 12.1 Å². The van der Waals surface area contributed by atoms with Crippen molar-refractivity contribution in [1.82, 2.24) is 19.2 Å². The number of fused-ring (bicyclic) bond motifs is 4. The Morgan fingerprint density at radius 1 is 1.23 bits per heavy atom. The van der Waals surface area contributed by atoms with E-state index in [4.69, 9.17) is 0 Å². The van der Waals surface area contributed by atoms with Crippen molar-refractivity contribution < 1.29 is 0 Å². The molecule has 0 unspecified atom stereocenters. The predicted octanol–water partition coefficient (Wildman–Crippen LogP) is 3.16. The molecule has 7 heteroatoms. The minimum Gasteiger partial charge on any atom is -0.364 e. The zero-order valence-corrected chi connectivity index (χ0v) is 15.5. The summed E-state index contributed by atoms with van der Waals surface area (Å²) >= 11 is 1.47. The van der Waals surface area contributed by atoms with Crippen LogP contribution in [0.25, 0.3) is 16.0 Å². The van der Waals surface area contributed by atoms with Gasteiger partial charge in [-0.1, -0.05) is 25.1 Å². The van der Waals surface area contributed by atoms with Crippen molar-refractivity contribution in [2.24, 2.45) is 7.05 Å². The van der Waals surface area contributed by atoms with Crippen LogP contribution >= 0.6 is 11.3 Å². The van der Waals surface area contributed by atoms with Crippen molar-refractivity contribution in [2.45, 2.75) is 25.8 Å². The summed E-state index contributed by atoms with van der Waals surface area (Å²) in [5.41, 5.74) is 3.54. The van der Waals surface area contributed by atoms with Gasteiger partial charge < -0.3 is 4.90 Å². The molecular formula is C19H19N5OS. The van der Waals surface area contributed by atoms with Gasteiger partial charge in [0, 0.05) is 19.3 Å². The number of rotatable bonds is 2. The van der Waals surface area contributed by atoms with E-state index in [0.717, 1.165) is 29.0 Å². The molecular weight excluding hydrogens is 346 g/mol. The molecule has 1 atom stereocenters. The highest BCUT2D eigenvalue weighted by atomic mass is 32.1. The Morgan fingerprint density at radius 2 is 2.08 bits per heavy atom. The molecule has 0 N–H and O–H groups in total. The minimum atomic E-state index is -0.0152. The highest BCUT2D eigenvalue weighted by Crippen LogP contribution is 2.35. The molecule has 1 aliphatic heterocycles. The van der Waals surface area contributed by atoms with Crippen LogP contribution < -0.4 is 10.5 Å². The summed E-state index contributed by atoms with van der Waals surface area (Å²) in [4.78, 5) is 14.9. The highest BCUT2D eigenvalue weighted by Gasteiger charge is 2.24. The zero-order valence-electron chi connectivity index (χ0n) is 14.7. The fourth-order valence-corrected chi connectivity index (χ4v) is 4.76. The summed E-state index contributed by atoms with van der Waals surface area (Å²) in [5, 5.41) is 10.7. The lowest BCUT2D eigenvalue weighted by molar-refractivity contribution is 0.600. The number of para-hydroxylation sites is 1. The van der Waals surface area contributed by atoms with Gasteiger partial charge >= 0.3 is 0 Å². The van der Waals surface area contributed by atoms with Gasteiger partial charge in [-0.3, -0.25) is 13.8 Å². The second-order valence-electron chi connectivity index (χ2n) is 6.92. The van der Waals surface area contributed by atoms with E-state index in [0.29, 0.717) is 18.2 Å². The van der Waals surface area contributed by atoms with Crippen LogP contribution in [0.5, 0.6) is 0 Å². The Kier molecular flexibility index (Phi) is 3.40. The molecule has 0 aliphatic carbocycles. The SMILES string of the molecule is C[C@@H]1CCN(Cc2nnc3n(C)c(=O)c4sccc4n23)c2ccccc21. The second-order valence-corrected chi connectivity index (χ2v) is 7.84. The molecule has 1 aromatic carbocycles. The monoisotopic (exact) mass is 365 g/mol. The lowest BCUT2D eigenvalue weighted by Crippen LogP contribution is -2.31. The van der Waals surface area contributed by atoms with Crippen LogP contribution in [0.3, 0.4) is 0 Å². The van der Waals surface area contributed by atoms with E-state index < -0.39 is 0 Å². The van der Waals surface area contributed by atoms with Gasteiger partial charge in [-0.2, -0.15) is 0 Å². The molecule has 5 rings (SSSR count). The fraction of sp³-hybridized carbons (Fsp3) is 0.316. The van der Waals surface area contributed by atoms with E-state index in [9.17, 15) is 4.79 Å².